The van der Waals surface area contributed by atoms with Crippen LogP contribution in [0.4, 0.5) is 0 Å². The number of amides is 1. The molecule has 112 valence electrons. The van der Waals surface area contributed by atoms with Crippen LogP contribution in [0.1, 0.15) is 20.9 Å². The molecule has 0 bridgehead atoms. The molecule has 2 aromatic heterocycles. The second-order valence-corrected chi connectivity index (χ2v) is 5.95. The quantitative estimate of drug-likeness (QED) is 0.774. The van der Waals surface area contributed by atoms with Gasteiger partial charge in [-0.3, -0.25) is 4.79 Å². The summed E-state index contributed by atoms with van der Waals surface area (Å²) in [7, 11) is 0. The molecule has 22 heavy (non-hydrogen) atoms. The molecule has 5 nitrogen and oxygen atoms in total. The first-order valence-corrected chi connectivity index (χ1v) is 7.52. The van der Waals surface area contributed by atoms with Gasteiger partial charge < -0.3 is 14.8 Å². The Morgan fingerprint density at radius 1 is 1.32 bits per heavy atom. The number of phenols is 1. The number of thiazole rings is 1. The maximum atomic E-state index is 12.2. The minimum Gasteiger partial charge on any atom is -0.508 e. The fraction of sp³-hybridized carbons (Fsp3) is 0.125. The van der Waals surface area contributed by atoms with Gasteiger partial charge in [-0.25, -0.2) is 4.98 Å². The van der Waals surface area contributed by atoms with Crippen LogP contribution in [0.25, 0.3) is 10.8 Å². The molecule has 1 amide bonds. The van der Waals surface area contributed by atoms with Crippen LogP contribution >= 0.6 is 11.3 Å². The van der Waals surface area contributed by atoms with Crippen LogP contribution in [-0.2, 0) is 6.54 Å². The summed E-state index contributed by atoms with van der Waals surface area (Å²) in [6.45, 7) is 2.24. The average molecular weight is 314 g/mol. The predicted octanol–water partition coefficient (Wildman–Crippen LogP) is 3.35. The van der Waals surface area contributed by atoms with Crippen molar-refractivity contribution >= 4 is 17.2 Å². The third-order valence-corrected chi connectivity index (χ3v) is 4.12. The van der Waals surface area contributed by atoms with Gasteiger partial charge in [0.1, 0.15) is 11.4 Å². The van der Waals surface area contributed by atoms with Gasteiger partial charge in [0.25, 0.3) is 5.91 Å². The monoisotopic (exact) mass is 314 g/mol. The lowest BCUT2D eigenvalue weighted by Gasteiger charge is -2.04. The second-order valence-electron chi connectivity index (χ2n) is 4.75. The van der Waals surface area contributed by atoms with Gasteiger partial charge in [0.05, 0.1) is 6.26 Å². The van der Waals surface area contributed by atoms with Crippen molar-refractivity contribution in [3.05, 3.63) is 58.8 Å². The summed E-state index contributed by atoms with van der Waals surface area (Å²) < 4.78 is 5.30. The van der Waals surface area contributed by atoms with Crippen molar-refractivity contribution in [2.75, 3.05) is 0 Å². The maximum Gasteiger partial charge on any atom is 0.271 e. The Kier molecular flexibility index (Phi) is 3.93. The minimum absolute atomic E-state index is 0.202. The third kappa shape index (κ3) is 3.01. The highest BCUT2D eigenvalue weighted by Crippen LogP contribution is 2.27. The van der Waals surface area contributed by atoms with E-state index in [1.807, 2.05) is 13.0 Å². The number of phenolic OH excluding ortho intramolecular Hbond substituents is 1. The zero-order valence-corrected chi connectivity index (χ0v) is 12.7. The SMILES string of the molecule is Cc1sc(-c2ccco2)nc1C(=O)NCc1ccc(O)cc1. The molecule has 0 aliphatic heterocycles. The fourth-order valence-electron chi connectivity index (χ4n) is 1.99. The van der Waals surface area contributed by atoms with E-state index in [4.69, 9.17) is 4.42 Å². The van der Waals surface area contributed by atoms with Gasteiger partial charge in [0.15, 0.2) is 10.8 Å². The van der Waals surface area contributed by atoms with Gasteiger partial charge >= 0.3 is 0 Å². The van der Waals surface area contributed by atoms with Gasteiger partial charge in [-0.15, -0.1) is 11.3 Å². The van der Waals surface area contributed by atoms with Crippen LogP contribution in [0.2, 0.25) is 0 Å². The van der Waals surface area contributed by atoms with Gasteiger partial charge in [0.2, 0.25) is 0 Å². The Hall–Kier alpha value is -2.60. The number of carbonyl (C=O) groups excluding carboxylic acids is 1. The Labute approximate surface area is 131 Å². The highest BCUT2D eigenvalue weighted by molar-refractivity contribution is 7.15. The van der Waals surface area contributed by atoms with Crippen molar-refractivity contribution in [2.45, 2.75) is 13.5 Å². The molecule has 3 rings (SSSR count). The first kappa shape index (κ1) is 14.3. The minimum atomic E-state index is -0.223. The lowest BCUT2D eigenvalue weighted by Crippen LogP contribution is -2.23. The van der Waals surface area contributed by atoms with Crippen LogP contribution in [0, 0.1) is 6.92 Å². The summed E-state index contributed by atoms with van der Waals surface area (Å²) in [6.07, 6.45) is 1.58. The Morgan fingerprint density at radius 3 is 2.77 bits per heavy atom. The Morgan fingerprint density at radius 2 is 2.09 bits per heavy atom. The third-order valence-electron chi connectivity index (χ3n) is 3.13. The van der Waals surface area contributed by atoms with E-state index < -0.39 is 0 Å². The van der Waals surface area contributed by atoms with Crippen LogP contribution < -0.4 is 5.32 Å². The molecule has 0 fully saturated rings. The number of furan rings is 1. The van der Waals surface area contributed by atoms with Crippen LogP contribution in [-0.4, -0.2) is 16.0 Å². The fourth-order valence-corrected chi connectivity index (χ4v) is 2.87. The van der Waals surface area contributed by atoms with Crippen molar-refractivity contribution in [3.8, 4) is 16.5 Å². The summed E-state index contributed by atoms with van der Waals surface area (Å²) >= 11 is 1.43. The van der Waals surface area contributed by atoms with E-state index >= 15 is 0 Å². The zero-order chi connectivity index (χ0) is 15.5. The number of hydrogen-bond donors (Lipinski definition) is 2. The predicted molar refractivity (Wildman–Crippen MR) is 83.8 cm³/mol. The highest BCUT2D eigenvalue weighted by atomic mass is 32.1. The van der Waals surface area contributed by atoms with Gasteiger partial charge in [-0.05, 0) is 36.8 Å². The van der Waals surface area contributed by atoms with Crippen molar-refractivity contribution in [1.29, 1.82) is 0 Å². The maximum absolute atomic E-state index is 12.2. The van der Waals surface area contributed by atoms with E-state index in [1.54, 1.807) is 36.6 Å². The standard InChI is InChI=1S/C16H14N2O3S/c1-10-14(18-16(22-10)13-3-2-8-21-13)15(20)17-9-11-4-6-12(19)7-5-11/h2-8,19H,9H2,1H3,(H,17,20). The van der Waals surface area contributed by atoms with Crippen LogP contribution in [0.15, 0.2) is 47.1 Å². The largest absolute Gasteiger partial charge is 0.508 e. The normalized spacial score (nSPS) is 10.6. The Balaban J connectivity index is 1.71. The smallest absolute Gasteiger partial charge is 0.271 e. The molecular weight excluding hydrogens is 300 g/mol. The van der Waals surface area contributed by atoms with Crippen molar-refractivity contribution in [1.82, 2.24) is 10.3 Å². The molecule has 0 saturated carbocycles. The molecule has 6 heteroatoms. The van der Waals surface area contributed by atoms with Gasteiger partial charge in [-0.2, -0.15) is 0 Å². The number of hydrogen-bond acceptors (Lipinski definition) is 5. The molecule has 0 saturated heterocycles. The number of aromatic nitrogens is 1. The lowest BCUT2D eigenvalue weighted by molar-refractivity contribution is 0.0946. The number of benzene rings is 1. The number of rotatable bonds is 4. The van der Waals surface area contributed by atoms with Crippen LogP contribution in [0.5, 0.6) is 5.75 Å². The molecule has 0 atom stereocenters. The van der Waals surface area contributed by atoms with Crippen molar-refractivity contribution in [3.63, 3.8) is 0 Å². The molecule has 1 aromatic carbocycles. The summed E-state index contributed by atoms with van der Waals surface area (Å²) in [4.78, 5) is 17.4. The van der Waals surface area contributed by atoms with Crippen molar-refractivity contribution in [2.24, 2.45) is 0 Å². The topological polar surface area (TPSA) is 75.4 Å². The summed E-state index contributed by atoms with van der Waals surface area (Å²) in [6, 6.07) is 10.3. The van der Waals surface area contributed by atoms with Crippen molar-refractivity contribution < 1.29 is 14.3 Å². The molecule has 2 N–H and O–H groups in total. The molecule has 3 aromatic rings. The second kappa shape index (κ2) is 6.03. The zero-order valence-electron chi connectivity index (χ0n) is 11.9. The number of aryl methyl sites for hydroxylation is 1. The molecular formula is C16H14N2O3S. The van der Waals surface area contributed by atoms with E-state index in [2.05, 4.69) is 10.3 Å². The molecule has 0 aliphatic carbocycles. The van der Waals surface area contributed by atoms with Gasteiger partial charge in [-0.1, -0.05) is 12.1 Å². The molecule has 0 aliphatic rings. The summed E-state index contributed by atoms with van der Waals surface area (Å²) in [5.74, 6) is 0.638. The molecule has 0 radical (unpaired) electrons. The Bertz CT molecular complexity index is 776. The molecule has 0 spiro atoms. The average Bonchev–Trinajstić information content (AvgIpc) is 3.15. The first-order valence-electron chi connectivity index (χ1n) is 6.71. The molecule has 2 heterocycles. The molecule has 0 unspecified atom stereocenters. The summed E-state index contributed by atoms with van der Waals surface area (Å²) in [5, 5.41) is 12.8. The number of nitrogens with one attached hydrogen (secondary N) is 1. The number of nitrogens with zero attached hydrogens (tertiary/aromatic N) is 1. The van der Waals surface area contributed by atoms with E-state index in [9.17, 15) is 9.90 Å². The highest BCUT2D eigenvalue weighted by Gasteiger charge is 2.17. The number of aromatic hydroxyl groups is 1. The lowest BCUT2D eigenvalue weighted by atomic mass is 10.2. The van der Waals surface area contributed by atoms with Gasteiger partial charge in [0, 0.05) is 11.4 Å². The van der Waals surface area contributed by atoms with Crippen LogP contribution in [0.3, 0.4) is 0 Å². The number of carbonyl (C=O) groups is 1. The first-order chi connectivity index (χ1) is 10.6. The van der Waals surface area contributed by atoms with E-state index in [-0.39, 0.29) is 11.7 Å². The van der Waals surface area contributed by atoms with E-state index in [0.717, 1.165) is 10.4 Å². The van der Waals surface area contributed by atoms with E-state index in [1.165, 1.54) is 11.3 Å². The van der Waals surface area contributed by atoms with E-state index in [0.29, 0.717) is 23.0 Å². The summed E-state index contributed by atoms with van der Waals surface area (Å²) in [5.41, 5.74) is 1.32.